The summed E-state index contributed by atoms with van der Waals surface area (Å²) in [6.07, 6.45) is -4.57. The second-order valence-corrected chi connectivity index (χ2v) is 5.54. The fourth-order valence-electron chi connectivity index (χ4n) is 2.52. The van der Waals surface area contributed by atoms with Crippen molar-refractivity contribution in [3.8, 4) is 5.69 Å². The standard InChI is InChI=1S/C14H15F3N4OS/c1-19-13(23)21(12(18-19)14(15,16)17)11-4-2-10(3-5-11)20-6-8-22-9-7-20/h2-5H,6-9H2,1H3. The normalized spacial score (nSPS) is 15.9. The van der Waals surface area contributed by atoms with Gasteiger partial charge in [-0.2, -0.15) is 13.2 Å². The SMILES string of the molecule is Cn1nc(C(F)(F)F)n(-c2ccc(N3CCOCC3)cc2)c1=S. The Morgan fingerprint density at radius 2 is 1.65 bits per heavy atom. The van der Waals surface area contributed by atoms with Gasteiger partial charge in [-0.25, -0.2) is 4.68 Å². The Labute approximate surface area is 135 Å². The van der Waals surface area contributed by atoms with Crippen molar-refractivity contribution >= 4 is 17.9 Å². The summed E-state index contributed by atoms with van der Waals surface area (Å²) in [7, 11) is 1.40. The molecule has 23 heavy (non-hydrogen) atoms. The first-order valence-electron chi connectivity index (χ1n) is 7.04. The lowest BCUT2D eigenvalue weighted by atomic mass is 10.2. The van der Waals surface area contributed by atoms with E-state index in [9.17, 15) is 13.2 Å². The van der Waals surface area contributed by atoms with Crippen LogP contribution in [-0.2, 0) is 18.0 Å². The van der Waals surface area contributed by atoms with Gasteiger partial charge in [0.15, 0.2) is 0 Å². The number of aromatic nitrogens is 3. The van der Waals surface area contributed by atoms with Crippen LogP contribution >= 0.6 is 12.2 Å². The maximum absolute atomic E-state index is 13.1. The summed E-state index contributed by atoms with van der Waals surface area (Å²) in [4.78, 5) is 2.13. The van der Waals surface area contributed by atoms with Crippen LogP contribution in [0.3, 0.4) is 0 Å². The lowest BCUT2D eigenvalue weighted by Crippen LogP contribution is -2.36. The van der Waals surface area contributed by atoms with Crippen LogP contribution in [0.2, 0.25) is 0 Å². The molecular formula is C14H15F3N4OS. The first-order valence-corrected chi connectivity index (χ1v) is 7.45. The molecule has 1 saturated heterocycles. The van der Waals surface area contributed by atoms with Crippen molar-refractivity contribution in [1.82, 2.24) is 14.3 Å². The molecule has 5 nitrogen and oxygen atoms in total. The quantitative estimate of drug-likeness (QED) is 0.785. The summed E-state index contributed by atoms with van der Waals surface area (Å²) in [5.74, 6) is -1.02. The lowest BCUT2D eigenvalue weighted by Gasteiger charge is -2.29. The van der Waals surface area contributed by atoms with E-state index >= 15 is 0 Å². The predicted molar refractivity (Wildman–Crippen MR) is 81.4 cm³/mol. The fraction of sp³-hybridized carbons (Fsp3) is 0.429. The summed E-state index contributed by atoms with van der Waals surface area (Å²) in [6.45, 7) is 2.82. The largest absolute Gasteiger partial charge is 0.452 e. The molecule has 124 valence electrons. The molecule has 0 atom stereocenters. The van der Waals surface area contributed by atoms with Gasteiger partial charge in [0.1, 0.15) is 0 Å². The maximum Gasteiger partial charge on any atom is 0.452 e. The van der Waals surface area contributed by atoms with Crippen LogP contribution < -0.4 is 4.90 Å². The van der Waals surface area contributed by atoms with E-state index < -0.39 is 12.0 Å². The minimum absolute atomic E-state index is 0.00329. The Morgan fingerprint density at radius 3 is 2.22 bits per heavy atom. The van der Waals surface area contributed by atoms with Crippen molar-refractivity contribution in [2.75, 3.05) is 31.2 Å². The molecule has 0 bridgehead atoms. The van der Waals surface area contributed by atoms with E-state index in [0.29, 0.717) is 18.9 Å². The van der Waals surface area contributed by atoms with Gasteiger partial charge in [-0.3, -0.25) is 4.57 Å². The van der Waals surface area contributed by atoms with Gasteiger partial charge in [0.25, 0.3) is 0 Å². The summed E-state index contributed by atoms with van der Waals surface area (Å²) >= 11 is 5.06. The third-order valence-electron chi connectivity index (χ3n) is 3.66. The smallest absolute Gasteiger partial charge is 0.378 e. The maximum atomic E-state index is 13.1. The molecular weight excluding hydrogens is 329 g/mol. The van der Waals surface area contributed by atoms with Gasteiger partial charge in [-0.05, 0) is 36.5 Å². The Balaban J connectivity index is 1.98. The van der Waals surface area contributed by atoms with Crippen molar-refractivity contribution in [2.45, 2.75) is 6.18 Å². The molecule has 1 aliphatic rings. The van der Waals surface area contributed by atoms with Gasteiger partial charge in [0, 0.05) is 25.8 Å². The molecule has 1 aromatic heterocycles. The highest BCUT2D eigenvalue weighted by molar-refractivity contribution is 7.71. The molecule has 0 unspecified atom stereocenters. The van der Waals surface area contributed by atoms with Gasteiger partial charge in [0.05, 0.1) is 18.9 Å². The number of halogens is 3. The molecule has 3 rings (SSSR count). The first-order chi connectivity index (χ1) is 10.9. The van der Waals surface area contributed by atoms with Crippen molar-refractivity contribution in [2.24, 2.45) is 7.05 Å². The number of ether oxygens (including phenoxy) is 1. The minimum Gasteiger partial charge on any atom is -0.378 e. The van der Waals surface area contributed by atoms with Crippen LogP contribution in [0.4, 0.5) is 18.9 Å². The van der Waals surface area contributed by atoms with E-state index in [1.54, 1.807) is 24.3 Å². The summed E-state index contributed by atoms with van der Waals surface area (Å²) in [5.41, 5.74) is 1.29. The van der Waals surface area contributed by atoms with Crippen molar-refractivity contribution in [3.63, 3.8) is 0 Å². The molecule has 0 aliphatic carbocycles. The monoisotopic (exact) mass is 344 g/mol. The van der Waals surface area contributed by atoms with Crippen LogP contribution in [-0.4, -0.2) is 40.7 Å². The van der Waals surface area contributed by atoms with E-state index in [-0.39, 0.29) is 4.77 Å². The van der Waals surface area contributed by atoms with Gasteiger partial charge >= 0.3 is 6.18 Å². The van der Waals surface area contributed by atoms with Gasteiger partial charge in [-0.15, -0.1) is 5.10 Å². The summed E-state index contributed by atoms with van der Waals surface area (Å²) in [6, 6.07) is 6.82. The third kappa shape index (κ3) is 3.11. The van der Waals surface area contributed by atoms with Gasteiger partial charge in [0.2, 0.25) is 10.6 Å². The molecule has 2 aromatic rings. The highest BCUT2D eigenvalue weighted by Crippen LogP contribution is 2.30. The second kappa shape index (κ2) is 5.97. The Morgan fingerprint density at radius 1 is 1.09 bits per heavy atom. The highest BCUT2D eigenvalue weighted by Gasteiger charge is 2.38. The topological polar surface area (TPSA) is 35.2 Å². The predicted octanol–water partition coefficient (Wildman–Crippen LogP) is 2.80. The molecule has 0 radical (unpaired) electrons. The van der Waals surface area contributed by atoms with Crippen molar-refractivity contribution in [1.29, 1.82) is 0 Å². The minimum atomic E-state index is -4.57. The molecule has 0 N–H and O–H groups in total. The molecule has 0 amide bonds. The highest BCUT2D eigenvalue weighted by atomic mass is 32.1. The average molecular weight is 344 g/mol. The Hall–Kier alpha value is -1.87. The van der Waals surface area contributed by atoms with E-state index in [1.165, 1.54) is 7.05 Å². The van der Waals surface area contributed by atoms with Gasteiger partial charge in [-0.1, -0.05) is 0 Å². The summed E-state index contributed by atoms with van der Waals surface area (Å²) in [5, 5.41) is 3.49. The lowest BCUT2D eigenvalue weighted by molar-refractivity contribution is -0.146. The molecule has 0 spiro atoms. The fourth-order valence-corrected chi connectivity index (χ4v) is 2.75. The molecule has 9 heteroatoms. The molecule has 1 fully saturated rings. The third-order valence-corrected chi connectivity index (χ3v) is 4.11. The number of morpholine rings is 1. The summed E-state index contributed by atoms with van der Waals surface area (Å²) < 4.78 is 46.7. The molecule has 2 heterocycles. The van der Waals surface area contributed by atoms with E-state index in [0.717, 1.165) is 28.0 Å². The van der Waals surface area contributed by atoms with Gasteiger partial charge < -0.3 is 9.64 Å². The van der Waals surface area contributed by atoms with Crippen molar-refractivity contribution < 1.29 is 17.9 Å². The zero-order chi connectivity index (χ0) is 16.6. The number of benzene rings is 1. The van der Waals surface area contributed by atoms with Crippen LogP contribution in [0.15, 0.2) is 24.3 Å². The molecule has 1 aromatic carbocycles. The zero-order valence-corrected chi connectivity index (χ0v) is 13.2. The average Bonchev–Trinajstić information content (AvgIpc) is 2.84. The van der Waals surface area contributed by atoms with Crippen molar-refractivity contribution in [3.05, 3.63) is 34.9 Å². The number of aryl methyl sites for hydroxylation is 1. The molecule has 0 saturated carbocycles. The van der Waals surface area contributed by atoms with E-state index in [1.807, 2.05) is 0 Å². The van der Waals surface area contributed by atoms with Crippen LogP contribution in [0, 0.1) is 4.77 Å². The number of anilines is 1. The van der Waals surface area contributed by atoms with E-state index in [4.69, 9.17) is 17.0 Å². The number of alkyl halides is 3. The number of nitrogens with zero attached hydrogens (tertiary/aromatic N) is 4. The zero-order valence-electron chi connectivity index (χ0n) is 12.4. The first kappa shape index (κ1) is 16.0. The van der Waals surface area contributed by atoms with Crippen LogP contribution in [0.5, 0.6) is 0 Å². The van der Waals surface area contributed by atoms with E-state index in [2.05, 4.69) is 10.00 Å². The number of hydrogen-bond acceptors (Lipinski definition) is 4. The van der Waals surface area contributed by atoms with Crippen LogP contribution in [0.1, 0.15) is 5.82 Å². The Kier molecular flexibility index (Phi) is 4.15. The number of hydrogen-bond donors (Lipinski definition) is 0. The van der Waals surface area contributed by atoms with Crippen LogP contribution in [0.25, 0.3) is 5.69 Å². The Bertz CT molecular complexity index is 745. The number of rotatable bonds is 2. The molecule has 1 aliphatic heterocycles. The second-order valence-electron chi connectivity index (χ2n) is 5.18.